The maximum absolute atomic E-state index is 3.72. The SMILES string of the molecule is CC[Si](CC)(CC)C(C#Cc1cccs1)c1ccc2ccccc2c1. The predicted molar refractivity (Wildman–Crippen MR) is 115 cm³/mol. The molecule has 0 saturated carbocycles. The third kappa shape index (κ3) is 3.73. The largest absolute Gasteiger partial charge is 0.135 e. The summed E-state index contributed by atoms with van der Waals surface area (Å²) in [6.45, 7) is 7.13. The van der Waals surface area contributed by atoms with Crippen molar-refractivity contribution >= 4 is 30.2 Å². The van der Waals surface area contributed by atoms with Gasteiger partial charge in [-0.15, -0.1) is 11.3 Å². The number of benzene rings is 2. The van der Waals surface area contributed by atoms with Crippen molar-refractivity contribution < 1.29 is 0 Å². The van der Waals surface area contributed by atoms with E-state index in [9.17, 15) is 0 Å². The summed E-state index contributed by atoms with van der Waals surface area (Å²) in [7, 11) is -1.48. The first-order chi connectivity index (χ1) is 12.2. The van der Waals surface area contributed by atoms with E-state index in [4.69, 9.17) is 0 Å². The van der Waals surface area contributed by atoms with Gasteiger partial charge in [0.1, 0.15) is 0 Å². The molecule has 0 N–H and O–H groups in total. The second-order valence-corrected chi connectivity index (χ2v) is 13.1. The third-order valence-electron chi connectivity index (χ3n) is 5.69. The van der Waals surface area contributed by atoms with Crippen LogP contribution in [0.5, 0.6) is 0 Å². The highest BCUT2D eigenvalue weighted by Gasteiger charge is 2.36. The van der Waals surface area contributed by atoms with Gasteiger partial charge >= 0.3 is 0 Å². The van der Waals surface area contributed by atoms with Crippen LogP contribution in [0.25, 0.3) is 10.8 Å². The fraction of sp³-hybridized carbons (Fsp3) is 0.304. The highest BCUT2D eigenvalue weighted by molar-refractivity contribution is 7.10. The van der Waals surface area contributed by atoms with Gasteiger partial charge in [-0.25, -0.2) is 0 Å². The Morgan fingerprint density at radius 1 is 0.880 bits per heavy atom. The molecular formula is C23H26SSi. The fourth-order valence-electron chi connectivity index (χ4n) is 3.83. The van der Waals surface area contributed by atoms with Gasteiger partial charge in [0.15, 0.2) is 0 Å². The first-order valence-corrected chi connectivity index (χ1v) is 12.8. The van der Waals surface area contributed by atoms with Crippen LogP contribution in [0.3, 0.4) is 0 Å². The molecule has 3 aromatic rings. The Morgan fingerprint density at radius 2 is 1.60 bits per heavy atom. The van der Waals surface area contributed by atoms with E-state index in [1.807, 2.05) is 0 Å². The second-order valence-electron chi connectivity index (χ2n) is 6.71. The van der Waals surface area contributed by atoms with Crippen LogP contribution in [0.4, 0.5) is 0 Å². The van der Waals surface area contributed by atoms with E-state index in [0.717, 1.165) is 0 Å². The van der Waals surface area contributed by atoms with Crippen molar-refractivity contribution in [3.05, 3.63) is 70.4 Å². The van der Waals surface area contributed by atoms with Crippen molar-refractivity contribution in [2.24, 2.45) is 0 Å². The first-order valence-electron chi connectivity index (χ1n) is 9.26. The zero-order chi connectivity index (χ0) is 17.7. The van der Waals surface area contributed by atoms with Gasteiger partial charge < -0.3 is 0 Å². The Kier molecular flexibility index (Phi) is 5.78. The van der Waals surface area contributed by atoms with Gasteiger partial charge in [0.25, 0.3) is 0 Å². The molecule has 1 unspecified atom stereocenters. The highest BCUT2D eigenvalue weighted by atomic mass is 32.1. The normalized spacial score (nSPS) is 12.6. The molecule has 0 saturated heterocycles. The van der Waals surface area contributed by atoms with Gasteiger partial charge in [0.2, 0.25) is 0 Å². The van der Waals surface area contributed by atoms with Crippen LogP contribution in [0, 0.1) is 11.8 Å². The minimum Gasteiger partial charge on any atom is -0.135 e. The number of hydrogen-bond donors (Lipinski definition) is 0. The molecule has 0 bridgehead atoms. The first kappa shape index (κ1) is 18.0. The molecule has 0 fully saturated rings. The van der Waals surface area contributed by atoms with Gasteiger partial charge in [-0.1, -0.05) is 99.3 Å². The van der Waals surface area contributed by atoms with Crippen molar-refractivity contribution in [2.75, 3.05) is 0 Å². The van der Waals surface area contributed by atoms with Crippen molar-refractivity contribution in [1.29, 1.82) is 0 Å². The maximum Gasteiger partial charge on any atom is 0.0768 e. The summed E-state index contributed by atoms with van der Waals surface area (Å²) >= 11 is 1.74. The molecule has 0 radical (unpaired) electrons. The lowest BCUT2D eigenvalue weighted by atomic mass is 10.0. The molecule has 0 aliphatic heterocycles. The average Bonchev–Trinajstić information content (AvgIpc) is 3.19. The molecule has 128 valence electrons. The van der Waals surface area contributed by atoms with Crippen LogP contribution in [-0.2, 0) is 0 Å². The zero-order valence-corrected chi connectivity index (χ0v) is 17.2. The maximum atomic E-state index is 3.72. The zero-order valence-electron chi connectivity index (χ0n) is 15.4. The Hall–Kier alpha value is -1.82. The number of fused-ring (bicyclic) bond motifs is 1. The number of hydrogen-bond acceptors (Lipinski definition) is 1. The highest BCUT2D eigenvalue weighted by Crippen LogP contribution is 2.37. The van der Waals surface area contributed by atoms with Gasteiger partial charge in [-0.2, -0.15) is 0 Å². The molecule has 2 aromatic carbocycles. The second kappa shape index (κ2) is 8.04. The molecule has 0 nitrogen and oxygen atoms in total. The Balaban J connectivity index is 2.11. The Morgan fingerprint density at radius 3 is 2.24 bits per heavy atom. The van der Waals surface area contributed by atoms with E-state index in [1.54, 1.807) is 11.3 Å². The third-order valence-corrected chi connectivity index (χ3v) is 12.4. The molecule has 1 heterocycles. The smallest absolute Gasteiger partial charge is 0.0768 e. The van der Waals surface area contributed by atoms with Crippen molar-refractivity contribution in [1.82, 2.24) is 0 Å². The van der Waals surface area contributed by atoms with Crippen molar-refractivity contribution in [3.63, 3.8) is 0 Å². The van der Waals surface area contributed by atoms with E-state index in [0.29, 0.717) is 5.54 Å². The van der Waals surface area contributed by atoms with Gasteiger partial charge in [0.05, 0.1) is 13.0 Å². The quantitative estimate of drug-likeness (QED) is 0.336. The minimum atomic E-state index is -1.48. The van der Waals surface area contributed by atoms with E-state index in [-0.39, 0.29) is 0 Å². The fourth-order valence-corrected chi connectivity index (χ4v) is 8.40. The van der Waals surface area contributed by atoms with Gasteiger partial charge in [0, 0.05) is 5.54 Å². The van der Waals surface area contributed by atoms with E-state index >= 15 is 0 Å². The van der Waals surface area contributed by atoms with Crippen LogP contribution in [0.15, 0.2) is 60.0 Å². The summed E-state index contributed by atoms with van der Waals surface area (Å²) in [5.41, 5.74) is 1.82. The average molecular weight is 363 g/mol. The van der Waals surface area contributed by atoms with E-state index < -0.39 is 8.07 Å². The van der Waals surface area contributed by atoms with E-state index in [1.165, 1.54) is 39.3 Å². The Labute approximate surface area is 156 Å². The summed E-state index contributed by atoms with van der Waals surface area (Å²) in [5.74, 6) is 7.20. The van der Waals surface area contributed by atoms with Crippen LogP contribution in [-0.4, -0.2) is 8.07 Å². The lowest BCUT2D eigenvalue weighted by molar-refractivity contribution is 1.04. The predicted octanol–water partition coefficient (Wildman–Crippen LogP) is 7.08. The van der Waals surface area contributed by atoms with Crippen LogP contribution < -0.4 is 0 Å². The molecule has 0 amide bonds. The number of rotatable bonds is 5. The molecule has 1 atom stereocenters. The monoisotopic (exact) mass is 362 g/mol. The molecule has 25 heavy (non-hydrogen) atoms. The van der Waals surface area contributed by atoms with E-state index in [2.05, 4.69) is 92.6 Å². The summed E-state index contributed by atoms with van der Waals surface area (Å²) in [6.07, 6.45) is 0. The standard InChI is InChI=1S/C23H26SSi/c1-4-25(5-2,6-3)23(16-15-22-12-9-17-24-22)21-14-13-19-10-7-8-11-20(19)18-21/h7-14,17-18,23H,4-6H2,1-3H3. The summed E-state index contributed by atoms with van der Waals surface area (Å²) in [4.78, 5) is 1.18. The van der Waals surface area contributed by atoms with Gasteiger partial charge in [-0.05, 0) is 27.8 Å². The summed E-state index contributed by atoms with van der Waals surface area (Å²) < 4.78 is 0. The summed E-state index contributed by atoms with van der Waals surface area (Å²) in [6, 6.07) is 23.7. The van der Waals surface area contributed by atoms with Crippen LogP contribution >= 0.6 is 11.3 Å². The molecule has 1 aromatic heterocycles. The summed E-state index contributed by atoms with van der Waals surface area (Å²) in [5, 5.41) is 4.75. The molecule has 0 spiro atoms. The van der Waals surface area contributed by atoms with Crippen molar-refractivity contribution in [2.45, 2.75) is 44.4 Å². The Bertz CT molecular complexity index is 871. The molecule has 3 rings (SSSR count). The molecule has 2 heteroatoms. The lowest BCUT2D eigenvalue weighted by Gasteiger charge is -2.34. The molecular weight excluding hydrogens is 336 g/mol. The lowest BCUT2D eigenvalue weighted by Crippen LogP contribution is -2.39. The van der Waals surface area contributed by atoms with Gasteiger partial charge in [-0.3, -0.25) is 0 Å². The number of thiophene rings is 1. The van der Waals surface area contributed by atoms with Crippen LogP contribution in [0.1, 0.15) is 36.8 Å². The topological polar surface area (TPSA) is 0 Å². The van der Waals surface area contributed by atoms with Crippen LogP contribution in [0.2, 0.25) is 18.1 Å². The molecule has 0 aliphatic carbocycles. The van der Waals surface area contributed by atoms with Crippen molar-refractivity contribution in [3.8, 4) is 11.8 Å². The molecule has 0 aliphatic rings. The minimum absolute atomic E-state index is 0.402.